The van der Waals surface area contributed by atoms with Crippen molar-refractivity contribution in [3.05, 3.63) is 65.4 Å². The van der Waals surface area contributed by atoms with Gasteiger partial charge in [0.25, 0.3) is 0 Å². The Morgan fingerprint density at radius 2 is 1.75 bits per heavy atom. The molecule has 0 unspecified atom stereocenters. The van der Waals surface area contributed by atoms with Gasteiger partial charge in [0.2, 0.25) is 5.91 Å². The SMILES string of the molecule is Cn1c2c(c3ccc(N4CCN(CCc5ccccc5)CC4=O)cc31)CN1CCC2CC1. The number of aryl methyl sites for hydroxylation is 1. The van der Waals surface area contributed by atoms with Crippen LogP contribution in [-0.4, -0.2) is 59.5 Å². The molecule has 166 valence electrons. The maximum absolute atomic E-state index is 13.1. The summed E-state index contributed by atoms with van der Waals surface area (Å²) in [5.74, 6) is 0.893. The summed E-state index contributed by atoms with van der Waals surface area (Å²) in [4.78, 5) is 19.9. The lowest BCUT2D eigenvalue weighted by atomic mass is 9.94. The molecular weight excluding hydrogens is 396 g/mol. The number of aromatic nitrogens is 1. The zero-order chi connectivity index (χ0) is 21.7. The van der Waals surface area contributed by atoms with Gasteiger partial charge in [-0.25, -0.2) is 0 Å². The van der Waals surface area contributed by atoms with E-state index in [9.17, 15) is 4.79 Å². The minimum absolute atomic E-state index is 0.213. The predicted molar refractivity (Wildman–Crippen MR) is 129 cm³/mol. The van der Waals surface area contributed by atoms with E-state index in [0.29, 0.717) is 12.5 Å². The number of carbonyl (C=O) groups excluding carboxylic acids is 1. The second kappa shape index (κ2) is 8.05. The average molecular weight is 429 g/mol. The lowest BCUT2D eigenvalue weighted by Crippen LogP contribution is -2.50. The Morgan fingerprint density at radius 3 is 2.53 bits per heavy atom. The van der Waals surface area contributed by atoms with E-state index in [0.717, 1.165) is 38.3 Å². The Balaban J connectivity index is 1.21. The molecule has 0 aliphatic carbocycles. The quantitative estimate of drug-likeness (QED) is 0.634. The van der Waals surface area contributed by atoms with Crippen LogP contribution in [0.1, 0.15) is 35.6 Å². The average Bonchev–Trinajstić information content (AvgIpc) is 2.97. The van der Waals surface area contributed by atoms with Crippen molar-refractivity contribution in [1.29, 1.82) is 0 Å². The van der Waals surface area contributed by atoms with E-state index in [1.54, 1.807) is 0 Å². The van der Waals surface area contributed by atoms with Crippen molar-refractivity contribution in [2.24, 2.45) is 7.05 Å². The Bertz CT molecular complexity index is 1140. The number of anilines is 1. The van der Waals surface area contributed by atoms with Crippen LogP contribution in [0.2, 0.25) is 0 Å². The summed E-state index contributed by atoms with van der Waals surface area (Å²) in [5.41, 5.74) is 6.72. The van der Waals surface area contributed by atoms with Gasteiger partial charge in [-0.3, -0.25) is 14.6 Å². The molecule has 0 spiro atoms. The molecule has 1 aromatic heterocycles. The largest absolute Gasteiger partial charge is 0.347 e. The number of amides is 1. The van der Waals surface area contributed by atoms with E-state index in [1.807, 2.05) is 4.90 Å². The van der Waals surface area contributed by atoms with Gasteiger partial charge in [-0.1, -0.05) is 36.4 Å². The molecule has 5 heterocycles. The fraction of sp³-hybridized carbons (Fsp3) is 0.444. The summed E-state index contributed by atoms with van der Waals surface area (Å²) in [6, 6.07) is 17.2. The van der Waals surface area contributed by atoms with Crippen molar-refractivity contribution in [3.63, 3.8) is 0 Å². The molecule has 2 fully saturated rings. The molecule has 4 aliphatic heterocycles. The van der Waals surface area contributed by atoms with Crippen LogP contribution in [-0.2, 0) is 24.8 Å². The third-order valence-electron chi connectivity index (χ3n) is 7.87. The molecule has 2 bridgehead atoms. The first kappa shape index (κ1) is 20.0. The molecule has 3 aromatic rings. The number of piperidine rings is 1. The van der Waals surface area contributed by atoms with Crippen molar-refractivity contribution in [3.8, 4) is 0 Å². The van der Waals surface area contributed by atoms with Crippen LogP contribution < -0.4 is 4.90 Å². The number of rotatable bonds is 4. The molecule has 5 heteroatoms. The van der Waals surface area contributed by atoms with Crippen LogP contribution in [0, 0.1) is 0 Å². The molecule has 5 nitrogen and oxygen atoms in total. The smallest absolute Gasteiger partial charge is 0.241 e. The summed E-state index contributed by atoms with van der Waals surface area (Å²) < 4.78 is 2.42. The van der Waals surface area contributed by atoms with Crippen LogP contribution in [0.25, 0.3) is 10.9 Å². The second-order valence-corrected chi connectivity index (χ2v) is 9.73. The lowest BCUT2D eigenvalue weighted by molar-refractivity contribution is -0.121. The lowest BCUT2D eigenvalue weighted by Gasteiger charge is -2.34. The minimum atomic E-state index is 0.213. The molecule has 2 aromatic carbocycles. The van der Waals surface area contributed by atoms with Crippen LogP contribution in [0.5, 0.6) is 0 Å². The second-order valence-electron chi connectivity index (χ2n) is 9.73. The van der Waals surface area contributed by atoms with E-state index in [1.165, 1.54) is 53.7 Å². The van der Waals surface area contributed by atoms with Crippen LogP contribution in [0.15, 0.2) is 48.5 Å². The highest BCUT2D eigenvalue weighted by atomic mass is 16.2. The van der Waals surface area contributed by atoms with Crippen molar-refractivity contribution in [2.75, 3.05) is 44.2 Å². The van der Waals surface area contributed by atoms with Gasteiger partial charge in [0, 0.05) is 55.9 Å². The summed E-state index contributed by atoms with van der Waals surface area (Å²) in [5, 5.41) is 1.37. The minimum Gasteiger partial charge on any atom is -0.347 e. The van der Waals surface area contributed by atoms with E-state index >= 15 is 0 Å². The predicted octanol–water partition coefficient (Wildman–Crippen LogP) is 3.76. The Labute approximate surface area is 190 Å². The number of hydrogen-bond acceptors (Lipinski definition) is 3. The van der Waals surface area contributed by atoms with Gasteiger partial charge in [0.05, 0.1) is 12.1 Å². The number of hydrogen-bond donors (Lipinski definition) is 0. The summed E-state index contributed by atoms with van der Waals surface area (Å²) in [6.07, 6.45) is 3.54. The molecule has 4 aliphatic rings. The maximum Gasteiger partial charge on any atom is 0.241 e. The van der Waals surface area contributed by atoms with Gasteiger partial charge in [-0.05, 0) is 55.6 Å². The monoisotopic (exact) mass is 428 g/mol. The van der Waals surface area contributed by atoms with E-state index < -0.39 is 0 Å². The van der Waals surface area contributed by atoms with Crippen LogP contribution in [0.4, 0.5) is 5.69 Å². The highest BCUT2D eigenvalue weighted by molar-refractivity contribution is 5.98. The summed E-state index contributed by atoms with van der Waals surface area (Å²) >= 11 is 0. The van der Waals surface area contributed by atoms with Gasteiger partial charge < -0.3 is 9.47 Å². The standard InChI is InChI=1S/C27H32N4O/c1-28-25-17-22(7-8-23(25)24-18-29-13-10-21(11-14-29)27(24)28)31-16-15-30(19-26(31)32)12-9-20-5-3-2-4-6-20/h2-8,17,21H,9-16,18-19H2,1H3. The van der Waals surface area contributed by atoms with Crippen molar-refractivity contribution >= 4 is 22.5 Å². The van der Waals surface area contributed by atoms with E-state index in [-0.39, 0.29) is 5.91 Å². The third-order valence-corrected chi connectivity index (χ3v) is 7.87. The number of piperazine rings is 1. The first-order valence-electron chi connectivity index (χ1n) is 12.1. The molecule has 2 saturated heterocycles. The maximum atomic E-state index is 13.1. The summed E-state index contributed by atoms with van der Waals surface area (Å²) in [7, 11) is 2.22. The number of carbonyl (C=O) groups is 1. The molecule has 0 atom stereocenters. The van der Waals surface area contributed by atoms with E-state index in [2.05, 4.69) is 69.9 Å². The number of fused-ring (bicyclic) bond motifs is 3. The topological polar surface area (TPSA) is 31.7 Å². The molecule has 1 amide bonds. The number of nitrogens with zero attached hydrogens (tertiary/aromatic N) is 4. The zero-order valence-electron chi connectivity index (χ0n) is 19.0. The Kier molecular flexibility index (Phi) is 5.04. The normalized spacial score (nSPS) is 23.5. The van der Waals surface area contributed by atoms with Gasteiger partial charge >= 0.3 is 0 Å². The first-order chi connectivity index (χ1) is 15.7. The van der Waals surface area contributed by atoms with Gasteiger partial charge in [0.1, 0.15) is 0 Å². The zero-order valence-corrected chi connectivity index (χ0v) is 19.0. The first-order valence-corrected chi connectivity index (χ1v) is 12.1. The summed E-state index contributed by atoms with van der Waals surface area (Å²) in [6.45, 7) is 6.65. The van der Waals surface area contributed by atoms with Crippen molar-refractivity contribution in [1.82, 2.24) is 14.4 Å². The van der Waals surface area contributed by atoms with Crippen molar-refractivity contribution < 1.29 is 4.79 Å². The Morgan fingerprint density at radius 1 is 0.938 bits per heavy atom. The van der Waals surface area contributed by atoms with Gasteiger partial charge in [0.15, 0.2) is 0 Å². The highest BCUT2D eigenvalue weighted by Gasteiger charge is 2.32. The fourth-order valence-electron chi connectivity index (χ4n) is 6.08. The molecular formula is C27H32N4O. The highest BCUT2D eigenvalue weighted by Crippen LogP contribution is 2.41. The number of benzene rings is 2. The van der Waals surface area contributed by atoms with Crippen molar-refractivity contribution in [2.45, 2.75) is 31.7 Å². The molecule has 7 rings (SSSR count). The van der Waals surface area contributed by atoms with Crippen LogP contribution in [0.3, 0.4) is 0 Å². The Hall–Kier alpha value is -2.63. The van der Waals surface area contributed by atoms with Crippen LogP contribution >= 0.6 is 0 Å². The third kappa shape index (κ3) is 3.44. The molecule has 0 radical (unpaired) electrons. The fourth-order valence-corrected chi connectivity index (χ4v) is 6.08. The molecule has 0 saturated carbocycles. The molecule has 32 heavy (non-hydrogen) atoms. The van der Waals surface area contributed by atoms with Gasteiger partial charge in [-0.2, -0.15) is 0 Å². The molecule has 0 N–H and O–H groups in total. The van der Waals surface area contributed by atoms with E-state index in [4.69, 9.17) is 0 Å². The van der Waals surface area contributed by atoms with Gasteiger partial charge in [-0.15, -0.1) is 0 Å².